The maximum Gasteiger partial charge on any atom is 0.224 e. The molecule has 2 rings (SSSR count). The molecule has 3 nitrogen and oxygen atoms in total. The second-order valence-corrected chi connectivity index (χ2v) is 6.36. The second kappa shape index (κ2) is 8.71. The lowest BCUT2D eigenvalue weighted by Crippen LogP contribution is -2.32. The molecule has 0 bridgehead atoms. The standard InChI is InChI=1S/C15H20BrFN2O.ClH/c1-10(11-4-6-18-7-5-11)8-15(20)19-14-3-2-12(16)9-13(14)17;/h2-3,9-11,18H,4-8H2,1H3,(H,19,20);1H. The minimum absolute atomic E-state index is 0. The van der Waals surface area contributed by atoms with Gasteiger partial charge in [0.1, 0.15) is 5.82 Å². The van der Waals surface area contributed by atoms with Crippen LogP contribution in [0.25, 0.3) is 0 Å². The summed E-state index contributed by atoms with van der Waals surface area (Å²) in [4.78, 5) is 12.0. The number of hydrogen-bond acceptors (Lipinski definition) is 2. The highest BCUT2D eigenvalue weighted by atomic mass is 79.9. The van der Waals surface area contributed by atoms with Crippen LogP contribution in [0.1, 0.15) is 26.2 Å². The van der Waals surface area contributed by atoms with E-state index < -0.39 is 5.82 Å². The Kier molecular flexibility index (Phi) is 7.63. The number of amides is 1. The highest BCUT2D eigenvalue weighted by molar-refractivity contribution is 9.10. The van der Waals surface area contributed by atoms with Crippen LogP contribution in [0.5, 0.6) is 0 Å². The summed E-state index contributed by atoms with van der Waals surface area (Å²) in [7, 11) is 0. The maximum atomic E-state index is 13.6. The fourth-order valence-corrected chi connectivity index (χ4v) is 3.00. The van der Waals surface area contributed by atoms with Crippen molar-refractivity contribution in [2.45, 2.75) is 26.2 Å². The van der Waals surface area contributed by atoms with Crippen molar-refractivity contribution in [3.8, 4) is 0 Å². The van der Waals surface area contributed by atoms with E-state index in [-0.39, 0.29) is 24.0 Å². The van der Waals surface area contributed by atoms with E-state index >= 15 is 0 Å². The molecule has 6 heteroatoms. The molecular weight excluding hydrogens is 359 g/mol. The van der Waals surface area contributed by atoms with E-state index in [0.717, 1.165) is 25.9 Å². The van der Waals surface area contributed by atoms with E-state index in [2.05, 4.69) is 33.5 Å². The monoisotopic (exact) mass is 378 g/mol. The molecule has 1 aromatic carbocycles. The van der Waals surface area contributed by atoms with Gasteiger partial charge in [0.25, 0.3) is 0 Å². The molecule has 1 fully saturated rings. The van der Waals surface area contributed by atoms with Crippen molar-refractivity contribution in [3.05, 3.63) is 28.5 Å². The highest BCUT2D eigenvalue weighted by Crippen LogP contribution is 2.25. The molecule has 0 radical (unpaired) electrons. The number of carbonyl (C=O) groups excluding carboxylic acids is 1. The highest BCUT2D eigenvalue weighted by Gasteiger charge is 2.22. The molecule has 0 aromatic heterocycles. The molecule has 1 saturated heterocycles. The first-order chi connectivity index (χ1) is 9.56. The number of carbonyl (C=O) groups is 1. The van der Waals surface area contributed by atoms with Gasteiger partial charge in [-0.25, -0.2) is 4.39 Å². The zero-order valence-electron chi connectivity index (χ0n) is 12.0. The molecule has 1 heterocycles. The number of rotatable bonds is 4. The molecule has 2 N–H and O–H groups in total. The van der Waals surface area contributed by atoms with Crippen LogP contribution in [0.2, 0.25) is 0 Å². The summed E-state index contributed by atoms with van der Waals surface area (Å²) in [5, 5.41) is 5.98. The topological polar surface area (TPSA) is 41.1 Å². The number of benzene rings is 1. The Balaban J connectivity index is 0.00000220. The summed E-state index contributed by atoms with van der Waals surface area (Å²) in [6.07, 6.45) is 2.67. The van der Waals surface area contributed by atoms with Crippen molar-refractivity contribution in [2.75, 3.05) is 18.4 Å². The van der Waals surface area contributed by atoms with Crippen LogP contribution in [0.3, 0.4) is 0 Å². The lowest BCUT2D eigenvalue weighted by molar-refractivity contribution is -0.117. The molecule has 0 spiro atoms. The van der Waals surface area contributed by atoms with Crippen LogP contribution in [-0.4, -0.2) is 19.0 Å². The van der Waals surface area contributed by atoms with E-state index in [9.17, 15) is 9.18 Å². The summed E-state index contributed by atoms with van der Waals surface area (Å²) < 4.78 is 14.3. The van der Waals surface area contributed by atoms with Gasteiger partial charge in [0.15, 0.2) is 0 Å². The Labute approximate surface area is 139 Å². The van der Waals surface area contributed by atoms with Crippen molar-refractivity contribution in [1.29, 1.82) is 0 Å². The van der Waals surface area contributed by atoms with Crippen molar-refractivity contribution < 1.29 is 9.18 Å². The van der Waals surface area contributed by atoms with Gasteiger partial charge in [-0.3, -0.25) is 4.79 Å². The van der Waals surface area contributed by atoms with Crippen LogP contribution >= 0.6 is 28.3 Å². The van der Waals surface area contributed by atoms with Crippen molar-refractivity contribution in [3.63, 3.8) is 0 Å². The molecule has 0 saturated carbocycles. The third kappa shape index (κ3) is 5.57. The van der Waals surface area contributed by atoms with Crippen LogP contribution in [0.4, 0.5) is 10.1 Å². The van der Waals surface area contributed by atoms with E-state index in [1.807, 2.05) is 0 Å². The lowest BCUT2D eigenvalue weighted by atomic mass is 9.84. The van der Waals surface area contributed by atoms with Gasteiger partial charge in [-0.15, -0.1) is 12.4 Å². The Morgan fingerprint density at radius 3 is 2.76 bits per heavy atom. The number of piperidine rings is 1. The van der Waals surface area contributed by atoms with Gasteiger partial charge in [-0.1, -0.05) is 22.9 Å². The van der Waals surface area contributed by atoms with E-state index in [1.54, 1.807) is 12.1 Å². The molecular formula is C15H21BrClFN2O. The van der Waals surface area contributed by atoms with Gasteiger partial charge in [-0.05, 0) is 56.0 Å². The molecule has 1 atom stereocenters. The molecule has 0 aliphatic carbocycles. The predicted octanol–water partition coefficient (Wildman–Crippen LogP) is 3.97. The third-order valence-electron chi connectivity index (χ3n) is 3.90. The SMILES string of the molecule is CC(CC(=O)Nc1ccc(Br)cc1F)C1CCNCC1.Cl. The first-order valence-electron chi connectivity index (χ1n) is 7.02. The average molecular weight is 380 g/mol. The summed E-state index contributed by atoms with van der Waals surface area (Å²) in [5.41, 5.74) is 0.246. The molecule has 1 amide bonds. The normalized spacial score (nSPS) is 16.9. The van der Waals surface area contributed by atoms with E-state index in [0.29, 0.717) is 22.7 Å². The minimum Gasteiger partial charge on any atom is -0.324 e. The van der Waals surface area contributed by atoms with Gasteiger partial charge in [-0.2, -0.15) is 0 Å². The first-order valence-corrected chi connectivity index (χ1v) is 7.81. The third-order valence-corrected chi connectivity index (χ3v) is 4.39. The van der Waals surface area contributed by atoms with Crippen molar-refractivity contribution >= 4 is 39.9 Å². The summed E-state index contributed by atoms with van der Waals surface area (Å²) in [6, 6.07) is 4.65. The molecule has 1 aliphatic heterocycles. The van der Waals surface area contributed by atoms with Gasteiger partial charge < -0.3 is 10.6 Å². The van der Waals surface area contributed by atoms with Crippen LogP contribution in [0, 0.1) is 17.7 Å². The summed E-state index contributed by atoms with van der Waals surface area (Å²) in [6.45, 7) is 4.16. The van der Waals surface area contributed by atoms with Crippen molar-refractivity contribution in [2.24, 2.45) is 11.8 Å². The minimum atomic E-state index is -0.415. The quantitative estimate of drug-likeness (QED) is 0.831. The number of halogens is 3. The Bertz CT molecular complexity index is 481. The Morgan fingerprint density at radius 1 is 1.48 bits per heavy atom. The fraction of sp³-hybridized carbons (Fsp3) is 0.533. The Morgan fingerprint density at radius 2 is 2.14 bits per heavy atom. The van der Waals surface area contributed by atoms with Crippen LogP contribution in [-0.2, 0) is 4.79 Å². The number of anilines is 1. The summed E-state index contributed by atoms with van der Waals surface area (Å²) >= 11 is 3.20. The van der Waals surface area contributed by atoms with Crippen LogP contribution in [0.15, 0.2) is 22.7 Å². The predicted molar refractivity (Wildman–Crippen MR) is 89.4 cm³/mol. The maximum absolute atomic E-state index is 13.6. The molecule has 1 unspecified atom stereocenters. The molecule has 1 aromatic rings. The Hall–Kier alpha value is -0.650. The largest absolute Gasteiger partial charge is 0.324 e. The molecule has 21 heavy (non-hydrogen) atoms. The zero-order valence-corrected chi connectivity index (χ0v) is 14.4. The molecule has 1 aliphatic rings. The van der Waals surface area contributed by atoms with Crippen molar-refractivity contribution in [1.82, 2.24) is 5.32 Å². The van der Waals surface area contributed by atoms with Gasteiger partial charge in [0.2, 0.25) is 5.91 Å². The van der Waals surface area contributed by atoms with Gasteiger partial charge in [0.05, 0.1) is 5.69 Å². The average Bonchev–Trinajstić information content (AvgIpc) is 2.43. The summed E-state index contributed by atoms with van der Waals surface area (Å²) in [5.74, 6) is 0.381. The van der Waals surface area contributed by atoms with Gasteiger partial charge in [0, 0.05) is 10.9 Å². The van der Waals surface area contributed by atoms with Gasteiger partial charge >= 0.3 is 0 Å². The number of hydrogen-bond donors (Lipinski definition) is 2. The molecule has 118 valence electrons. The van der Waals surface area contributed by atoms with E-state index in [1.165, 1.54) is 6.07 Å². The zero-order chi connectivity index (χ0) is 14.5. The lowest BCUT2D eigenvalue weighted by Gasteiger charge is -2.27. The number of nitrogens with one attached hydrogen (secondary N) is 2. The van der Waals surface area contributed by atoms with Crippen LogP contribution < -0.4 is 10.6 Å². The smallest absolute Gasteiger partial charge is 0.224 e. The van der Waals surface area contributed by atoms with E-state index in [4.69, 9.17) is 0 Å². The first kappa shape index (κ1) is 18.4. The second-order valence-electron chi connectivity index (χ2n) is 5.44. The fourth-order valence-electron chi connectivity index (χ4n) is 2.66.